The van der Waals surface area contributed by atoms with Crippen LogP contribution in [0.2, 0.25) is 0 Å². The Balaban J connectivity index is 1.71. The topological polar surface area (TPSA) is 59.3 Å². The number of anilines is 1. The van der Waals surface area contributed by atoms with E-state index in [9.17, 15) is 0 Å². The lowest BCUT2D eigenvalue weighted by molar-refractivity contribution is 0.159. The van der Waals surface area contributed by atoms with Crippen LogP contribution in [0.15, 0.2) is 6.33 Å². The van der Waals surface area contributed by atoms with Gasteiger partial charge in [0.25, 0.3) is 0 Å². The van der Waals surface area contributed by atoms with Crippen molar-refractivity contribution in [1.82, 2.24) is 24.6 Å². The van der Waals surface area contributed by atoms with Crippen molar-refractivity contribution in [2.45, 2.75) is 13.3 Å². The highest BCUT2D eigenvalue weighted by Gasteiger charge is 2.24. The van der Waals surface area contributed by atoms with Gasteiger partial charge in [0.15, 0.2) is 5.65 Å². The van der Waals surface area contributed by atoms with Gasteiger partial charge in [0, 0.05) is 40.8 Å². The second kappa shape index (κ2) is 6.80. The standard InChI is InChI=1S/C16H26N6O/c1-12-14-15(17-11-18-16(14)21(3)19-12)20(2)9-13-5-6-22(10-13)7-8-23-4/h11,13H,5-10H2,1-4H3/t13-/m1/s1. The summed E-state index contributed by atoms with van der Waals surface area (Å²) < 4.78 is 7.00. The van der Waals surface area contributed by atoms with Gasteiger partial charge in [0.05, 0.1) is 17.7 Å². The molecule has 0 unspecified atom stereocenters. The lowest BCUT2D eigenvalue weighted by atomic mass is 10.1. The second-order valence-corrected chi connectivity index (χ2v) is 6.43. The molecule has 1 atom stereocenters. The van der Waals surface area contributed by atoms with Gasteiger partial charge in [-0.05, 0) is 25.8 Å². The lowest BCUT2D eigenvalue weighted by Gasteiger charge is -2.23. The van der Waals surface area contributed by atoms with Gasteiger partial charge in [-0.1, -0.05) is 0 Å². The van der Waals surface area contributed by atoms with Crippen LogP contribution < -0.4 is 4.90 Å². The highest BCUT2D eigenvalue weighted by Crippen LogP contribution is 2.26. The van der Waals surface area contributed by atoms with Crippen LogP contribution in [0.5, 0.6) is 0 Å². The van der Waals surface area contributed by atoms with E-state index in [-0.39, 0.29) is 0 Å². The van der Waals surface area contributed by atoms with Crippen molar-refractivity contribution in [3.8, 4) is 0 Å². The van der Waals surface area contributed by atoms with Gasteiger partial charge in [0.2, 0.25) is 0 Å². The Morgan fingerprint density at radius 3 is 3.00 bits per heavy atom. The quantitative estimate of drug-likeness (QED) is 0.794. The lowest BCUT2D eigenvalue weighted by Crippen LogP contribution is -2.30. The van der Waals surface area contributed by atoms with E-state index in [1.807, 2.05) is 18.7 Å². The molecule has 3 rings (SSSR count). The summed E-state index contributed by atoms with van der Waals surface area (Å²) >= 11 is 0. The summed E-state index contributed by atoms with van der Waals surface area (Å²) in [5, 5.41) is 5.54. The van der Waals surface area contributed by atoms with E-state index in [2.05, 4.69) is 31.9 Å². The van der Waals surface area contributed by atoms with Crippen LogP contribution in [-0.2, 0) is 11.8 Å². The van der Waals surface area contributed by atoms with E-state index in [1.54, 1.807) is 13.4 Å². The molecule has 0 radical (unpaired) electrons. The first kappa shape index (κ1) is 16.1. The van der Waals surface area contributed by atoms with Gasteiger partial charge >= 0.3 is 0 Å². The first-order valence-electron chi connectivity index (χ1n) is 8.17. The Labute approximate surface area is 137 Å². The van der Waals surface area contributed by atoms with Crippen molar-refractivity contribution in [1.29, 1.82) is 0 Å². The molecule has 2 aromatic heterocycles. The molecule has 0 N–H and O–H groups in total. The molecular weight excluding hydrogens is 292 g/mol. The number of likely N-dealkylation sites (tertiary alicyclic amines) is 1. The Kier molecular flexibility index (Phi) is 4.77. The molecule has 7 nitrogen and oxygen atoms in total. The van der Waals surface area contributed by atoms with Gasteiger partial charge in [0.1, 0.15) is 12.1 Å². The van der Waals surface area contributed by atoms with Crippen molar-refractivity contribution in [3.63, 3.8) is 0 Å². The Morgan fingerprint density at radius 1 is 1.39 bits per heavy atom. The van der Waals surface area contributed by atoms with Crippen LogP contribution in [0.1, 0.15) is 12.1 Å². The average molecular weight is 318 g/mol. The molecule has 0 spiro atoms. The minimum absolute atomic E-state index is 0.666. The number of rotatable bonds is 6. The van der Waals surface area contributed by atoms with Crippen molar-refractivity contribution in [2.24, 2.45) is 13.0 Å². The van der Waals surface area contributed by atoms with Crippen LogP contribution >= 0.6 is 0 Å². The van der Waals surface area contributed by atoms with E-state index in [0.717, 1.165) is 55.3 Å². The highest BCUT2D eigenvalue weighted by atomic mass is 16.5. The molecule has 23 heavy (non-hydrogen) atoms. The normalized spacial score (nSPS) is 18.9. The molecule has 1 saturated heterocycles. The van der Waals surface area contributed by atoms with E-state index in [4.69, 9.17) is 4.74 Å². The third-order valence-corrected chi connectivity index (χ3v) is 4.65. The van der Waals surface area contributed by atoms with Gasteiger partial charge in [-0.25, -0.2) is 9.97 Å². The molecule has 2 aromatic rings. The van der Waals surface area contributed by atoms with Gasteiger partial charge < -0.3 is 14.5 Å². The number of ether oxygens (including phenoxy) is 1. The fraction of sp³-hybridized carbons (Fsp3) is 0.688. The molecule has 0 aromatic carbocycles. The summed E-state index contributed by atoms with van der Waals surface area (Å²) in [4.78, 5) is 13.6. The van der Waals surface area contributed by atoms with Crippen molar-refractivity contribution in [2.75, 3.05) is 51.8 Å². The first-order valence-corrected chi connectivity index (χ1v) is 8.17. The van der Waals surface area contributed by atoms with Gasteiger partial charge in [-0.3, -0.25) is 4.68 Å². The number of aryl methyl sites for hydroxylation is 2. The first-order chi connectivity index (χ1) is 11.1. The molecule has 1 fully saturated rings. The zero-order chi connectivity index (χ0) is 16.4. The molecule has 0 saturated carbocycles. The third-order valence-electron chi connectivity index (χ3n) is 4.65. The molecule has 3 heterocycles. The largest absolute Gasteiger partial charge is 0.383 e. The number of aromatic nitrogens is 4. The third kappa shape index (κ3) is 3.30. The molecule has 7 heteroatoms. The summed E-state index contributed by atoms with van der Waals surface area (Å²) in [5.74, 6) is 1.65. The molecule has 0 amide bonds. The maximum atomic E-state index is 5.17. The summed E-state index contributed by atoms with van der Waals surface area (Å²) in [6.07, 6.45) is 2.86. The number of methoxy groups -OCH3 is 1. The summed E-state index contributed by atoms with van der Waals surface area (Å²) in [6, 6.07) is 0. The SMILES string of the molecule is COCCN1CC[C@H](CN(C)c2ncnc3c2c(C)nn3C)C1. The second-order valence-electron chi connectivity index (χ2n) is 6.43. The van der Waals surface area contributed by atoms with Crippen molar-refractivity contribution < 1.29 is 4.74 Å². The van der Waals surface area contributed by atoms with Gasteiger partial charge in [-0.2, -0.15) is 5.10 Å². The summed E-state index contributed by atoms with van der Waals surface area (Å²) in [6.45, 7) is 7.15. The van der Waals surface area contributed by atoms with Crippen molar-refractivity contribution in [3.05, 3.63) is 12.0 Å². The summed E-state index contributed by atoms with van der Waals surface area (Å²) in [5.41, 5.74) is 1.88. The van der Waals surface area contributed by atoms with Crippen LogP contribution in [-0.4, -0.2) is 71.6 Å². The highest BCUT2D eigenvalue weighted by molar-refractivity contribution is 5.89. The smallest absolute Gasteiger partial charge is 0.163 e. The monoisotopic (exact) mass is 318 g/mol. The Bertz CT molecular complexity index is 670. The maximum absolute atomic E-state index is 5.17. The van der Waals surface area contributed by atoms with E-state index in [1.165, 1.54) is 6.42 Å². The number of hydrogen-bond acceptors (Lipinski definition) is 6. The average Bonchev–Trinajstić information content (AvgIpc) is 3.10. The number of nitrogens with zero attached hydrogens (tertiary/aromatic N) is 6. The zero-order valence-corrected chi connectivity index (χ0v) is 14.5. The minimum Gasteiger partial charge on any atom is -0.383 e. The fourth-order valence-electron chi connectivity index (χ4n) is 3.51. The van der Waals surface area contributed by atoms with E-state index < -0.39 is 0 Å². The number of hydrogen-bond donors (Lipinski definition) is 0. The van der Waals surface area contributed by atoms with Gasteiger partial charge in [-0.15, -0.1) is 0 Å². The number of fused-ring (bicyclic) bond motifs is 1. The Hall–Kier alpha value is -1.73. The molecule has 0 aliphatic carbocycles. The molecule has 1 aliphatic heterocycles. The molecular formula is C16H26N6O. The van der Waals surface area contributed by atoms with Crippen LogP contribution in [0.25, 0.3) is 11.0 Å². The van der Waals surface area contributed by atoms with Crippen molar-refractivity contribution >= 4 is 16.9 Å². The molecule has 0 bridgehead atoms. The van der Waals surface area contributed by atoms with Crippen LogP contribution in [0.4, 0.5) is 5.82 Å². The molecule has 126 valence electrons. The maximum Gasteiger partial charge on any atom is 0.163 e. The predicted molar refractivity (Wildman–Crippen MR) is 90.7 cm³/mol. The van der Waals surface area contributed by atoms with E-state index >= 15 is 0 Å². The molecule has 1 aliphatic rings. The van der Waals surface area contributed by atoms with Crippen LogP contribution in [0.3, 0.4) is 0 Å². The van der Waals surface area contributed by atoms with Crippen LogP contribution in [0, 0.1) is 12.8 Å². The zero-order valence-electron chi connectivity index (χ0n) is 14.5. The summed E-state index contributed by atoms with van der Waals surface area (Å²) in [7, 11) is 5.81. The van der Waals surface area contributed by atoms with E-state index in [0.29, 0.717) is 5.92 Å². The minimum atomic E-state index is 0.666. The predicted octanol–water partition coefficient (Wildman–Crippen LogP) is 1.08. The fourth-order valence-corrected chi connectivity index (χ4v) is 3.51. The Morgan fingerprint density at radius 2 is 2.22 bits per heavy atom.